The maximum Gasteiger partial charge on any atom is 0.239 e. The Bertz CT molecular complexity index is 853. The lowest BCUT2D eigenvalue weighted by Crippen LogP contribution is -2.44. The molecule has 1 fully saturated rings. The van der Waals surface area contributed by atoms with E-state index in [1.807, 2.05) is 48.7 Å². The van der Waals surface area contributed by atoms with Gasteiger partial charge in [-0.1, -0.05) is 26.0 Å². The minimum Gasteiger partial charge on any atom is -0.383 e. The Morgan fingerprint density at radius 2 is 1.93 bits per heavy atom. The smallest absolute Gasteiger partial charge is 0.239 e. The molecule has 1 atom stereocenters. The number of nitrogens with zero attached hydrogens (tertiary/aromatic N) is 5. The topological polar surface area (TPSA) is 82.1 Å². The van der Waals surface area contributed by atoms with Crippen molar-refractivity contribution >= 4 is 35.3 Å². The number of morpholine rings is 1. The first-order chi connectivity index (χ1) is 13.2. The maximum atomic E-state index is 6.02. The van der Waals surface area contributed by atoms with E-state index >= 15 is 0 Å². The average molecular weight is 389 g/mol. The van der Waals surface area contributed by atoms with Crippen LogP contribution in [-0.2, 0) is 4.74 Å². The van der Waals surface area contributed by atoms with Crippen LogP contribution < -0.4 is 10.6 Å². The normalized spacial score (nSPS) is 16.2. The first kappa shape index (κ1) is 21.0. The third kappa shape index (κ3) is 4.70. The predicted octanol–water partition coefficient (Wildman–Crippen LogP) is 3.20. The summed E-state index contributed by atoms with van der Waals surface area (Å²) in [4.78, 5) is 15.7. The van der Waals surface area contributed by atoms with E-state index in [1.165, 1.54) is 0 Å². The second-order valence-corrected chi connectivity index (χ2v) is 5.67. The first-order valence-electron chi connectivity index (χ1n) is 9.08. The summed E-state index contributed by atoms with van der Waals surface area (Å²) in [5, 5.41) is 0. The number of rotatable bonds is 2. The Kier molecular flexibility index (Phi) is 7.87. The van der Waals surface area contributed by atoms with Crippen molar-refractivity contribution in [1.82, 2.24) is 19.5 Å². The van der Waals surface area contributed by atoms with E-state index in [2.05, 4.69) is 34.4 Å². The van der Waals surface area contributed by atoms with Gasteiger partial charge in [0.05, 0.1) is 30.3 Å². The lowest BCUT2D eigenvalue weighted by Gasteiger charge is -2.34. The average Bonchev–Trinajstić information content (AvgIpc) is 3.15. The Labute approximate surface area is 166 Å². The third-order valence-corrected chi connectivity index (χ3v) is 4.05. The standard InChI is InChI=1S/C16H18N6O.C2H6.CH4S/c1-11-9-23-7-6-21(11)15-8-14(17)19-16(20-15)22-10-18-12-4-2-3-5-13(12)22;2*1-2/h2-5,8,10-11H,6-7,9H2,1H3,(H2,17,19,20);1-2H3;2H,1H3. The molecule has 0 aliphatic carbocycles. The number of thiol groups is 1. The quantitative estimate of drug-likeness (QED) is 0.656. The van der Waals surface area contributed by atoms with Crippen LogP contribution in [0.4, 0.5) is 11.6 Å². The summed E-state index contributed by atoms with van der Waals surface area (Å²) in [6.07, 6.45) is 3.42. The Morgan fingerprint density at radius 3 is 2.67 bits per heavy atom. The van der Waals surface area contributed by atoms with Crippen LogP contribution in [0.3, 0.4) is 0 Å². The molecule has 3 heterocycles. The minimum atomic E-state index is 0.255. The van der Waals surface area contributed by atoms with Crippen LogP contribution in [-0.4, -0.2) is 51.6 Å². The van der Waals surface area contributed by atoms with Gasteiger partial charge < -0.3 is 15.4 Å². The predicted molar refractivity (Wildman–Crippen MR) is 115 cm³/mol. The summed E-state index contributed by atoms with van der Waals surface area (Å²) < 4.78 is 7.35. The number of aromatic nitrogens is 4. The molecule has 0 saturated carbocycles. The van der Waals surface area contributed by atoms with Crippen LogP contribution in [0.1, 0.15) is 20.8 Å². The van der Waals surface area contributed by atoms with Gasteiger partial charge in [-0.05, 0) is 25.3 Å². The number of benzene rings is 1. The van der Waals surface area contributed by atoms with Crippen molar-refractivity contribution in [2.45, 2.75) is 26.8 Å². The molecule has 4 rings (SSSR count). The van der Waals surface area contributed by atoms with Crippen LogP contribution in [0.2, 0.25) is 0 Å². The molecule has 0 radical (unpaired) electrons. The second-order valence-electron chi connectivity index (χ2n) is 5.67. The zero-order valence-corrected chi connectivity index (χ0v) is 17.2. The highest BCUT2D eigenvalue weighted by atomic mass is 32.1. The first-order valence-corrected chi connectivity index (χ1v) is 9.98. The van der Waals surface area contributed by atoms with Crippen molar-refractivity contribution < 1.29 is 4.74 Å². The maximum absolute atomic E-state index is 6.02. The van der Waals surface area contributed by atoms with Gasteiger partial charge >= 0.3 is 0 Å². The highest BCUT2D eigenvalue weighted by molar-refractivity contribution is 7.79. The number of nitrogens with two attached hydrogens (primary N) is 1. The Hall–Kier alpha value is -2.32. The van der Waals surface area contributed by atoms with Gasteiger partial charge in [0.2, 0.25) is 5.95 Å². The number of fused-ring (bicyclic) bond motifs is 1. The van der Waals surface area contributed by atoms with E-state index in [-0.39, 0.29) is 6.04 Å². The fourth-order valence-electron chi connectivity index (χ4n) is 2.88. The minimum absolute atomic E-state index is 0.255. The molecule has 2 N–H and O–H groups in total. The number of imidazole rings is 1. The van der Waals surface area contributed by atoms with Gasteiger partial charge in [0.1, 0.15) is 18.0 Å². The van der Waals surface area contributed by atoms with E-state index < -0.39 is 0 Å². The number of nitrogen functional groups attached to an aromatic ring is 1. The molecule has 1 aliphatic heterocycles. The van der Waals surface area contributed by atoms with Crippen molar-refractivity contribution in [2.24, 2.45) is 0 Å². The zero-order chi connectivity index (χ0) is 19.8. The molecule has 1 aliphatic rings. The van der Waals surface area contributed by atoms with Crippen molar-refractivity contribution in [1.29, 1.82) is 0 Å². The van der Waals surface area contributed by atoms with Crippen LogP contribution in [0.15, 0.2) is 36.7 Å². The molecule has 27 heavy (non-hydrogen) atoms. The number of anilines is 2. The van der Waals surface area contributed by atoms with Crippen LogP contribution in [0.25, 0.3) is 17.0 Å². The lowest BCUT2D eigenvalue weighted by atomic mass is 10.2. The molecule has 1 aromatic carbocycles. The highest BCUT2D eigenvalue weighted by Crippen LogP contribution is 2.22. The molecular formula is C19H28N6OS. The second kappa shape index (κ2) is 10.1. The van der Waals surface area contributed by atoms with Crippen LogP contribution >= 0.6 is 12.6 Å². The molecule has 7 nitrogen and oxygen atoms in total. The molecule has 1 saturated heterocycles. The highest BCUT2D eigenvalue weighted by Gasteiger charge is 2.21. The summed E-state index contributed by atoms with van der Waals surface area (Å²) >= 11 is 3.53. The number of hydrogen-bond acceptors (Lipinski definition) is 7. The van der Waals surface area contributed by atoms with Crippen LogP contribution in [0, 0.1) is 0 Å². The monoisotopic (exact) mass is 388 g/mol. The number of hydrogen-bond donors (Lipinski definition) is 2. The summed E-state index contributed by atoms with van der Waals surface area (Å²) in [6.45, 7) is 8.29. The summed E-state index contributed by atoms with van der Waals surface area (Å²) in [7, 11) is 0. The molecule has 8 heteroatoms. The summed E-state index contributed by atoms with van der Waals surface area (Å²) in [5.74, 6) is 1.80. The summed E-state index contributed by atoms with van der Waals surface area (Å²) in [6, 6.07) is 9.95. The van der Waals surface area contributed by atoms with E-state index in [1.54, 1.807) is 12.6 Å². The van der Waals surface area contributed by atoms with Gasteiger partial charge in [0, 0.05) is 12.6 Å². The van der Waals surface area contributed by atoms with Gasteiger partial charge in [-0.2, -0.15) is 22.6 Å². The zero-order valence-electron chi connectivity index (χ0n) is 16.3. The van der Waals surface area contributed by atoms with Crippen molar-refractivity contribution in [3.05, 3.63) is 36.7 Å². The van der Waals surface area contributed by atoms with Crippen molar-refractivity contribution in [3.63, 3.8) is 0 Å². The third-order valence-electron chi connectivity index (χ3n) is 4.05. The van der Waals surface area contributed by atoms with E-state index in [9.17, 15) is 0 Å². The molecule has 1 unspecified atom stereocenters. The Balaban J connectivity index is 0.000000614. The molecular weight excluding hydrogens is 360 g/mol. The molecule has 0 bridgehead atoms. The van der Waals surface area contributed by atoms with Gasteiger partial charge in [0.15, 0.2) is 0 Å². The molecule has 3 aromatic rings. The van der Waals surface area contributed by atoms with Gasteiger partial charge in [-0.3, -0.25) is 4.57 Å². The van der Waals surface area contributed by atoms with Crippen molar-refractivity contribution in [2.75, 3.05) is 36.6 Å². The molecule has 0 spiro atoms. The molecule has 0 amide bonds. The fourth-order valence-corrected chi connectivity index (χ4v) is 2.88. The largest absolute Gasteiger partial charge is 0.383 e. The van der Waals surface area contributed by atoms with Gasteiger partial charge in [-0.15, -0.1) is 0 Å². The SMILES string of the molecule is CC.CC1COCCN1c1cc(N)nc(-n2cnc3ccccc32)n1.CS. The van der Waals surface area contributed by atoms with Crippen LogP contribution in [0.5, 0.6) is 0 Å². The number of ether oxygens (including phenoxy) is 1. The summed E-state index contributed by atoms with van der Waals surface area (Å²) in [5.41, 5.74) is 7.88. The fraction of sp³-hybridized carbons (Fsp3) is 0.421. The Morgan fingerprint density at radius 1 is 1.19 bits per heavy atom. The molecule has 146 valence electrons. The van der Waals surface area contributed by atoms with E-state index in [4.69, 9.17) is 15.5 Å². The lowest BCUT2D eigenvalue weighted by molar-refractivity contribution is 0.0985. The number of para-hydroxylation sites is 2. The van der Waals surface area contributed by atoms with E-state index in [0.717, 1.165) is 23.4 Å². The van der Waals surface area contributed by atoms with Gasteiger partial charge in [-0.25, -0.2) is 4.98 Å². The van der Waals surface area contributed by atoms with E-state index in [0.29, 0.717) is 25.0 Å². The molecule has 2 aromatic heterocycles. The van der Waals surface area contributed by atoms with Gasteiger partial charge in [0.25, 0.3) is 0 Å². The van der Waals surface area contributed by atoms with Crippen molar-refractivity contribution in [3.8, 4) is 5.95 Å².